The van der Waals surface area contributed by atoms with E-state index in [4.69, 9.17) is 10.5 Å². The van der Waals surface area contributed by atoms with Crippen LogP contribution in [-0.4, -0.2) is 31.0 Å². The number of rotatable bonds is 5. The third-order valence-electron chi connectivity index (χ3n) is 3.75. The van der Waals surface area contributed by atoms with Crippen molar-refractivity contribution < 1.29 is 9.53 Å². The van der Waals surface area contributed by atoms with Crippen molar-refractivity contribution in [1.82, 2.24) is 4.90 Å². The molecule has 0 radical (unpaired) electrons. The van der Waals surface area contributed by atoms with Gasteiger partial charge in [0, 0.05) is 29.1 Å². The van der Waals surface area contributed by atoms with Crippen LogP contribution in [0, 0.1) is 6.92 Å². The molecule has 0 fully saturated rings. The Morgan fingerprint density at radius 3 is 2.50 bits per heavy atom. The van der Waals surface area contributed by atoms with E-state index >= 15 is 0 Å². The highest BCUT2D eigenvalue weighted by atomic mass is 32.1. The number of nitrogens with two attached hydrogens (primary N) is 1. The van der Waals surface area contributed by atoms with E-state index in [9.17, 15) is 4.79 Å². The Labute approximate surface area is 135 Å². The number of hydrogen-bond acceptors (Lipinski definition) is 4. The number of nitrogens with zero attached hydrogens (tertiary/aromatic N) is 1. The van der Waals surface area contributed by atoms with E-state index in [1.165, 1.54) is 11.3 Å². The number of benzene rings is 1. The molecular weight excluding hydrogens is 296 g/mol. The SMILES string of the molecule is CCN(CC)C(=O)c1c(N)sc(C)c1-c1ccccc1OC. The van der Waals surface area contributed by atoms with E-state index in [0.717, 1.165) is 21.8 Å². The second kappa shape index (κ2) is 6.83. The molecule has 0 aliphatic rings. The summed E-state index contributed by atoms with van der Waals surface area (Å²) in [6, 6.07) is 7.72. The summed E-state index contributed by atoms with van der Waals surface area (Å²) in [5.74, 6) is 0.727. The number of ether oxygens (including phenoxy) is 1. The second-order valence-electron chi connectivity index (χ2n) is 4.95. The molecular formula is C17H22N2O2S. The molecule has 2 N–H and O–H groups in total. The van der Waals surface area contributed by atoms with Crippen LogP contribution in [0.4, 0.5) is 5.00 Å². The molecule has 0 spiro atoms. The first-order chi connectivity index (χ1) is 10.5. The van der Waals surface area contributed by atoms with Crippen molar-refractivity contribution in [3.63, 3.8) is 0 Å². The maximum atomic E-state index is 12.8. The molecule has 2 rings (SSSR count). The van der Waals surface area contributed by atoms with Gasteiger partial charge in [0.15, 0.2) is 0 Å². The Bertz CT molecular complexity index is 675. The maximum Gasteiger partial charge on any atom is 0.257 e. The summed E-state index contributed by atoms with van der Waals surface area (Å²) in [4.78, 5) is 15.7. The van der Waals surface area contributed by atoms with Gasteiger partial charge in [-0.2, -0.15) is 0 Å². The van der Waals surface area contributed by atoms with Crippen molar-refractivity contribution in [2.24, 2.45) is 0 Å². The van der Waals surface area contributed by atoms with Crippen molar-refractivity contribution >= 4 is 22.2 Å². The minimum Gasteiger partial charge on any atom is -0.496 e. The molecule has 0 bridgehead atoms. The monoisotopic (exact) mass is 318 g/mol. The highest BCUT2D eigenvalue weighted by Gasteiger charge is 2.26. The molecule has 0 aliphatic heterocycles. The molecule has 2 aromatic rings. The Kier molecular flexibility index (Phi) is 5.08. The number of nitrogen functional groups attached to an aromatic ring is 1. The van der Waals surface area contributed by atoms with Crippen LogP contribution in [0.15, 0.2) is 24.3 Å². The van der Waals surface area contributed by atoms with E-state index in [-0.39, 0.29) is 5.91 Å². The number of hydrogen-bond donors (Lipinski definition) is 1. The molecule has 1 heterocycles. The van der Waals surface area contributed by atoms with E-state index in [2.05, 4.69) is 0 Å². The Morgan fingerprint density at radius 2 is 1.91 bits per heavy atom. The zero-order valence-electron chi connectivity index (χ0n) is 13.5. The fraction of sp³-hybridized carbons (Fsp3) is 0.353. The van der Waals surface area contributed by atoms with Crippen LogP contribution in [-0.2, 0) is 0 Å². The maximum absolute atomic E-state index is 12.8. The minimum absolute atomic E-state index is 0.0206. The van der Waals surface area contributed by atoms with Crippen LogP contribution in [0.5, 0.6) is 5.75 Å². The Balaban J connectivity index is 2.65. The van der Waals surface area contributed by atoms with Crippen molar-refractivity contribution in [3.8, 4) is 16.9 Å². The number of amides is 1. The average Bonchev–Trinajstić information content (AvgIpc) is 2.82. The Hall–Kier alpha value is -2.01. The molecule has 0 aliphatic carbocycles. The number of methoxy groups -OCH3 is 1. The standard InChI is InChI=1S/C17H22N2O2S/c1-5-19(6-2)17(20)15-14(11(3)22-16(15)18)12-9-7-8-10-13(12)21-4/h7-10H,5-6,18H2,1-4H3. The lowest BCUT2D eigenvalue weighted by molar-refractivity contribution is 0.0775. The van der Waals surface area contributed by atoms with Gasteiger partial charge in [-0.25, -0.2) is 0 Å². The van der Waals surface area contributed by atoms with E-state index in [1.54, 1.807) is 12.0 Å². The largest absolute Gasteiger partial charge is 0.496 e. The van der Waals surface area contributed by atoms with Crippen LogP contribution in [0.2, 0.25) is 0 Å². The Morgan fingerprint density at radius 1 is 1.27 bits per heavy atom. The molecule has 0 saturated heterocycles. The summed E-state index contributed by atoms with van der Waals surface area (Å²) >= 11 is 1.45. The van der Waals surface area contributed by atoms with E-state index < -0.39 is 0 Å². The number of thiophene rings is 1. The predicted molar refractivity (Wildman–Crippen MR) is 92.7 cm³/mol. The normalized spacial score (nSPS) is 10.5. The number of anilines is 1. The summed E-state index contributed by atoms with van der Waals surface area (Å²) in [5.41, 5.74) is 8.54. The average molecular weight is 318 g/mol. The zero-order chi connectivity index (χ0) is 16.3. The van der Waals surface area contributed by atoms with Crippen molar-refractivity contribution in [1.29, 1.82) is 0 Å². The number of aryl methyl sites for hydroxylation is 1. The van der Waals surface area contributed by atoms with Gasteiger partial charge >= 0.3 is 0 Å². The van der Waals surface area contributed by atoms with Crippen LogP contribution in [0.1, 0.15) is 29.1 Å². The highest BCUT2D eigenvalue weighted by Crippen LogP contribution is 2.42. The van der Waals surface area contributed by atoms with Gasteiger partial charge in [-0.15, -0.1) is 11.3 Å². The van der Waals surface area contributed by atoms with Gasteiger partial charge in [-0.3, -0.25) is 4.79 Å². The molecule has 1 aromatic carbocycles. The van der Waals surface area contributed by atoms with Gasteiger partial charge in [0.25, 0.3) is 5.91 Å². The van der Waals surface area contributed by atoms with E-state index in [1.807, 2.05) is 45.0 Å². The van der Waals surface area contributed by atoms with E-state index in [0.29, 0.717) is 23.7 Å². The minimum atomic E-state index is -0.0206. The first-order valence-corrected chi connectivity index (χ1v) is 8.18. The fourth-order valence-corrected chi connectivity index (χ4v) is 3.56. The lowest BCUT2D eigenvalue weighted by Crippen LogP contribution is -2.31. The van der Waals surface area contributed by atoms with Gasteiger partial charge in [-0.05, 0) is 26.8 Å². The highest BCUT2D eigenvalue weighted by molar-refractivity contribution is 7.16. The molecule has 5 heteroatoms. The van der Waals surface area contributed by atoms with Gasteiger partial charge in [0.2, 0.25) is 0 Å². The fourth-order valence-electron chi connectivity index (χ4n) is 2.62. The third-order valence-corrected chi connectivity index (χ3v) is 4.69. The summed E-state index contributed by atoms with van der Waals surface area (Å²) in [6.45, 7) is 7.26. The van der Waals surface area contributed by atoms with Crippen molar-refractivity contribution in [2.75, 3.05) is 25.9 Å². The lowest BCUT2D eigenvalue weighted by atomic mass is 9.99. The van der Waals surface area contributed by atoms with Crippen molar-refractivity contribution in [3.05, 3.63) is 34.7 Å². The first kappa shape index (κ1) is 16.4. The summed E-state index contributed by atoms with van der Waals surface area (Å²) in [5, 5.41) is 0.565. The molecule has 1 amide bonds. The summed E-state index contributed by atoms with van der Waals surface area (Å²) < 4.78 is 5.45. The van der Waals surface area contributed by atoms with Gasteiger partial charge in [0.1, 0.15) is 5.75 Å². The molecule has 118 valence electrons. The molecule has 0 atom stereocenters. The zero-order valence-corrected chi connectivity index (χ0v) is 14.3. The topological polar surface area (TPSA) is 55.6 Å². The van der Waals surface area contributed by atoms with Gasteiger partial charge < -0.3 is 15.4 Å². The molecule has 0 saturated carbocycles. The molecule has 1 aromatic heterocycles. The number of carbonyl (C=O) groups excluding carboxylic acids is 1. The molecule has 0 unspecified atom stereocenters. The first-order valence-electron chi connectivity index (χ1n) is 7.36. The number of para-hydroxylation sites is 1. The third kappa shape index (κ3) is 2.81. The molecule has 4 nitrogen and oxygen atoms in total. The van der Waals surface area contributed by atoms with Crippen LogP contribution in [0.25, 0.3) is 11.1 Å². The quantitative estimate of drug-likeness (QED) is 0.912. The lowest BCUT2D eigenvalue weighted by Gasteiger charge is -2.20. The van der Waals surface area contributed by atoms with Crippen LogP contribution < -0.4 is 10.5 Å². The predicted octanol–water partition coefficient (Wildman–Crippen LogP) is 3.80. The number of carbonyl (C=O) groups is 1. The van der Waals surface area contributed by atoms with Crippen molar-refractivity contribution in [2.45, 2.75) is 20.8 Å². The molecule has 22 heavy (non-hydrogen) atoms. The smallest absolute Gasteiger partial charge is 0.257 e. The summed E-state index contributed by atoms with van der Waals surface area (Å²) in [6.07, 6.45) is 0. The second-order valence-corrected chi connectivity index (χ2v) is 6.21. The van der Waals surface area contributed by atoms with Crippen LogP contribution >= 0.6 is 11.3 Å². The van der Waals surface area contributed by atoms with Gasteiger partial charge in [0.05, 0.1) is 17.7 Å². The summed E-state index contributed by atoms with van der Waals surface area (Å²) in [7, 11) is 1.63. The van der Waals surface area contributed by atoms with Gasteiger partial charge in [-0.1, -0.05) is 18.2 Å². The van der Waals surface area contributed by atoms with Crippen LogP contribution in [0.3, 0.4) is 0 Å².